The fraction of sp³-hybridized carbons (Fsp3) is 0.467. The molecular weight excluding hydrogens is 490 g/mol. The van der Waals surface area contributed by atoms with Crippen LogP contribution in [-0.4, -0.2) is 52.6 Å². The predicted molar refractivity (Wildman–Crippen MR) is 149 cm³/mol. The molecule has 1 aliphatic heterocycles. The summed E-state index contributed by atoms with van der Waals surface area (Å²) in [5.74, 6) is 0.364. The Morgan fingerprint density at radius 1 is 1.05 bits per heavy atom. The van der Waals surface area contributed by atoms with Crippen LogP contribution in [0, 0.1) is 12.8 Å². The van der Waals surface area contributed by atoms with Gasteiger partial charge in [0.2, 0.25) is 0 Å². The van der Waals surface area contributed by atoms with Crippen LogP contribution in [0.4, 0.5) is 0 Å². The van der Waals surface area contributed by atoms with Crippen LogP contribution in [0.2, 0.25) is 0 Å². The minimum atomic E-state index is -1.12. The van der Waals surface area contributed by atoms with Crippen molar-refractivity contribution in [1.82, 2.24) is 34.3 Å². The molecule has 1 saturated heterocycles. The van der Waals surface area contributed by atoms with E-state index in [1.54, 1.807) is 0 Å². The van der Waals surface area contributed by atoms with E-state index in [2.05, 4.69) is 56.0 Å². The second kappa shape index (κ2) is 8.99. The van der Waals surface area contributed by atoms with Gasteiger partial charge in [-0.25, -0.2) is 4.68 Å². The molecule has 1 atom stereocenters. The molecule has 7 rings (SSSR count). The SMILES string of the molecule is Cc1nnn(C)c1-c1cnc2c3c(c(C(C)(C)O)nn3C3CC3)n(C(c3ccccc3)C3CCOCC3)c2c1. The van der Waals surface area contributed by atoms with Gasteiger partial charge in [0.05, 0.1) is 34.5 Å². The Hall–Kier alpha value is -3.56. The summed E-state index contributed by atoms with van der Waals surface area (Å²) in [4.78, 5) is 5.10. The Morgan fingerprint density at radius 2 is 1.79 bits per heavy atom. The lowest BCUT2D eigenvalue weighted by Gasteiger charge is -2.33. The molecule has 1 unspecified atom stereocenters. The number of pyridine rings is 1. The van der Waals surface area contributed by atoms with Crippen molar-refractivity contribution in [2.75, 3.05) is 13.2 Å². The summed E-state index contributed by atoms with van der Waals surface area (Å²) in [6, 6.07) is 13.3. The third-order valence-corrected chi connectivity index (χ3v) is 8.35. The normalized spacial score (nSPS) is 17.9. The van der Waals surface area contributed by atoms with E-state index in [1.807, 2.05) is 38.7 Å². The van der Waals surface area contributed by atoms with Crippen molar-refractivity contribution < 1.29 is 9.84 Å². The zero-order valence-electron chi connectivity index (χ0n) is 23.0. The topological polar surface area (TPSA) is 95.8 Å². The molecule has 202 valence electrons. The average Bonchev–Trinajstić information content (AvgIpc) is 3.51. The number of ether oxygens (including phenoxy) is 1. The molecule has 4 aromatic heterocycles. The zero-order valence-corrected chi connectivity index (χ0v) is 23.0. The van der Waals surface area contributed by atoms with Gasteiger partial charge in [-0.1, -0.05) is 35.5 Å². The third kappa shape index (κ3) is 3.98. The van der Waals surface area contributed by atoms with Gasteiger partial charge in [-0.05, 0) is 64.0 Å². The molecule has 5 aromatic rings. The molecule has 1 saturated carbocycles. The average molecular weight is 526 g/mol. The second-order valence-corrected chi connectivity index (χ2v) is 11.7. The molecule has 0 spiro atoms. The molecule has 9 heteroatoms. The van der Waals surface area contributed by atoms with E-state index in [4.69, 9.17) is 14.8 Å². The molecule has 1 N–H and O–H groups in total. The Kier molecular flexibility index (Phi) is 5.64. The number of rotatable bonds is 6. The molecule has 0 radical (unpaired) electrons. The van der Waals surface area contributed by atoms with Crippen LogP contribution in [0.25, 0.3) is 33.3 Å². The van der Waals surface area contributed by atoms with Crippen molar-refractivity contribution in [3.8, 4) is 11.3 Å². The van der Waals surface area contributed by atoms with Gasteiger partial charge in [0.25, 0.3) is 0 Å². The monoisotopic (exact) mass is 525 g/mol. The van der Waals surface area contributed by atoms with E-state index < -0.39 is 5.60 Å². The zero-order chi connectivity index (χ0) is 26.9. The number of fused-ring (bicyclic) bond motifs is 3. The van der Waals surface area contributed by atoms with Crippen molar-refractivity contribution in [3.05, 3.63) is 59.5 Å². The van der Waals surface area contributed by atoms with Crippen molar-refractivity contribution in [2.45, 2.75) is 64.1 Å². The van der Waals surface area contributed by atoms with Crippen LogP contribution >= 0.6 is 0 Å². The number of aryl methyl sites for hydroxylation is 2. The standard InChI is InChI=1S/C30H35N7O2/c1-18-25(35(4)34-32-18)21-16-23-24(31-17-21)27-28(29(30(2,3)38)33-37(27)22-10-11-22)36(23)26(19-8-6-5-7-9-19)20-12-14-39-15-13-20/h5-9,16-17,20,22,26,38H,10-15H2,1-4H3. The van der Waals surface area contributed by atoms with Gasteiger partial charge in [-0.3, -0.25) is 9.67 Å². The maximum Gasteiger partial charge on any atom is 0.118 e. The quantitative estimate of drug-likeness (QED) is 0.333. The maximum absolute atomic E-state index is 11.4. The molecule has 5 heterocycles. The highest BCUT2D eigenvalue weighted by Crippen LogP contribution is 2.46. The Morgan fingerprint density at radius 3 is 2.44 bits per heavy atom. The summed E-state index contributed by atoms with van der Waals surface area (Å²) in [6.45, 7) is 7.15. The third-order valence-electron chi connectivity index (χ3n) is 8.35. The minimum absolute atomic E-state index is 0.0378. The lowest BCUT2D eigenvalue weighted by Crippen LogP contribution is -2.28. The smallest absolute Gasteiger partial charge is 0.118 e. The van der Waals surface area contributed by atoms with Crippen LogP contribution in [-0.2, 0) is 17.4 Å². The minimum Gasteiger partial charge on any atom is -0.384 e. The van der Waals surface area contributed by atoms with Crippen LogP contribution in [0.15, 0.2) is 42.6 Å². The second-order valence-electron chi connectivity index (χ2n) is 11.7. The van der Waals surface area contributed by atoms with Crippen molar-refractivity contribution >= 4 is 22.1 Å². The molecule has 0 amide bonds. The largest absolute Gasteiger partial charge is 0.384 e. The van der Waals surface area contributed by atoms with E-state index in [9.17, 15) is 5.11 Å². The van der Waals surface area contributed by atoms with E-state index in [-0.39, 0.29) is 6.04 Å². The van der Waals surface area contributed by atoms with E-state index >= 15 is 0 Å². The number of hydrogen-bond acceptors (Lipinski definition) is 6. The number of nitrogens with zero attached hydrogens (tertiary/aromatic N) is 7. The summed E-state index contributed by atoms with van der Waals surface area (Å²) < 4.78 is 12.2. The molecule has 9 nitrogen and oxygen atoms in total. The van der Waals surface area contributed by atoms with Gasteiger partial charge < -0.3 is 14.4 Å². The molecule has 39 heavy (non-hydrogen) atoms. The fourth-order valence-corrected chi connectivity index (χ4v) is 6.40. The molecule has 0 bridgehead atoms. The van der Waals surface area contributed by atoms with Crippen molar-refractivity contribution in [1.29, 1.82) is 0 Å². The highest BCUT2D eigenvalue weighted by atomic mass is 16.5. The summed E-state index contributed by atoms with van der Waals surface area (Å²) in [6.07, 6.45) is 6.04. The molecule has 1 aromatic carbocycles. The van der Waals surface area contributed by atoms with Crippen molar-refractivity contribution in [2.24, 2.45) is 13.0 Å². The lowest BCUT2D eigenvalue weighted by atomic mass is 9.86. The summed E-state index contributed by atoms with van der Waals surface area (Å²) >= 11 is 0. The van der Waals surface area contributed by atoms with Crippen LogP contribution < -0.4 is 0 Å². The van der Waals surface area contributed by atoms with E-state index in [1.165, 1.54) is 5.56 Å². The van der Waals surface area contributed by atoms with Gasteiger partial charge in [0.1, 0.15) is 22.3 Å². The molecule has 1 aliphatic carbocycles. The van der Waals surface area contributed by atoms with Gasteiger partial charge in [0, 0.05) is 32.0 Å². The lowest BCUT2D eigenvalue weighted by molar-refractivity contribution is 0.0547. The van der Waals surface area contributed by atoms with Gasteiger partial charge >= 0.3 is 0 Å². The first-order valence-corrected chi connectivity index (χ1v) is 14.0. The maximum atomic E-state index is 11.4. The van der Waals surface area contributed by atoms with Gasteiger partial charge in [-0.2, -0.15) is 5.10 Å². The Labute approximate surface area is 227 Å². The highest BCUT2D eigenvalue weighted by molar-refractivity contribution is 6.06. The fourth-order valence-electron chi connectivity index (χ4n) is 6.40. The van der Waals surface area contributed by atoms with Gasteiger partial charge in [0.15, 0.2) is 0 Å². The molecular formula is C30H35N7O2. The molecule has 2 fully saturated rings. The first-order valence-electron chi connectivity index (χ1n) is 14.0. The Balaban J connectivity index is 1.60. The van der Waals surface area contributed by atoms with Gasteiger partial charge in [-0.15, -0.1) is 5.10 Å². The van der Waals surface area contributed by atoms with Crippen LogP contribution in [0.1, 0.15) is 68.6 Å². The first-order chi connectivity index (χ1) is 18.8. The first kappa shape index (κ1) is 24.5. The highest BCUT2D eigenvalue weighted by Gasteiger charge is 2.38. The summed E-state index contributed by atoms with van der Waals surface area (Å²) in [5, 5.41) is 25.1. The number of aliphatic hydroxyl groups is 1. The summed E-state index contributed by atoms with van der Waals surface area (Å²) in [7, 11) is 1.92. The number of aromatic nitrogens is 7. The van der Waals surface area contributed by atoms with Crippen molar-refractivity contribution in [3.63, 3.8) is 0 Å². The number of hydrogen-bond donors (Lipinski definition) is 1. The van der Waals surface area contributed by atoms with E-state index in [0.29, 0.717) is 17.7 Å². The van der Waals surface area contributed by atoms with E-state index in [0.717, 1.165) is 77.9 Å². The van der Waals surface area contributed by atoms with Crippen LogP contribution in [0.3, 0.4) is 0 Å². The summed E-state index contributed by atoms with van der Waals surface area (Å²) in [5.41, 5.74) is 7.59. The Bertz CT molecular complexity index is 1650. The predicted octanol–water partition coefficient (Wildman–Crippen LogP) is 5.07. The molecule has 2 aliphatic rings. The van der Waals surface area contributed by atoms with Crippen LogP contribution in [0.5, 0.6) is 0 Å². The number of benzene rings is 1.